The fourth-order valence-corrected chi connectivity index (χ4v) is 4.02. The normalized spacial score (nSPS) is 18.4. The number of rotatable bonds is 3. The van der Waals surface area contributed by atoms with Crippen LogP contribution in [0.25, 0.3) is 0 Å². The zero-order chi connectivity index (χ0) is 19.0. The van der Waals surface area contributed by atoms with Crippen LogP contribution in [0.4, 0.5) is 5.69 Å². The van der Waals surface area contributed by atoms with Crippen molar-refractivity contribution in [3.05, 3.63) is 58.2 Å². The summed E-state index contributed by atoms with van der Waals surface area (Å²) in [6.07, 6.45) is 7.46. The molecule has 1 aliphatic heterocycles. The molecule has 0 fully saturated rings. The Labute approximate surface area is 158 Å². The van der Waals surface area contributed by atoms with Crippen molar-refractivity contribution in [3.63, 3.8) is 0 Å². The summed E-state index contributed by atoms with van der Waals surface area (Å²) in [7, 11) is 0. The highest BCUT2D eigenvalue weighted by molar-refractivity contribution is 5.93. The second-order valence-electron chi connectivity index (χ2n) is 6.89. The molecule has 0 aromatic carbocycles. The molecule has 3 heterocycles. The first-order chi connectivity index (χ1) is 13.1. The van der Waals surface area contributed by atoms with E-state index in [0.29, 0.717) is 29.5 Å². The summed E-state index contributed by atoms with van der Waals surface area (Å²) in [5.41, 5.74) is 11.5. The quantitative estimate of drug-likeness (QED) is 0.840. The lowest BCUT2D eigenvalue weighted by molar-refractivity contribution is -0.139. The molecule has 1 atom stereocenters. The Morgan fingerprint density at radius 3 is 2.93 bits per heavy atom. The van der Waals surface area contributed by atoms with Gasteiger partial charge in [-0.25, -0.2) is 9.78 Å². The van der Waals surface area contributed by atoms with Gasteiger partial charge in [0.25, 0.3) is 0 Å². The lowest BCUT2D eigenvalue weighted by atomic mass is 9.81. The third-order valence-electron chi connectivity index (χ3n) is 5.24. The van der Waals surface area contributed by atoms with E-state index in [9.17, 15) is 4.79 Å². The van der Waals surface area contributed by atoms with E-state index in [2.05, 4.69) is 4.98 Å². The van der Waals surface area contributed by atoms with Gasteiger partial charge in [-0.05, 0) is 56.7 Å². The van der Waals surface area contributed by atoms with Gasteiger partial charge in [0.05, 0.1) is 23.7 Å². The molecule has 6 heteroatoms. The topological polar surface area (TPSA) is 87.3 Å². The first kappa shape index (κ1) is 17.5. The monoisotopic (exact) mass is 365 g/mol. The van der Waals surface area contributed by atoms with Gasteiger partial charge in [0, 0.05) is 23.8 Å². The van der Waals surface area contributed by atoms with E-state index >= 15 is 0 Å². The summed E-state index contributed by atoms with van der Waals surface area (Å²) in [5.74, 6) is 0.192. The lowest BCUT2D eigenvalue weighted by Crippen LogP contribution is -2.26. The van der Waals surface area contributed by atoms with Crippen molar-refractivity contribution in [3.8, 4) is 5.88 Å². The van der Waals surface area contributed by atoms with Gasteiger partial charge >= 0.3 is 5.97 Å². The van der Waals surface area contributed by atoms with Crippen molar-refractivity contribution >= 4 is 11.7 Å². The maximum Gasteiger partial charge on any atom is 0.338 e. The number of hydrogen-bond donors (Lipinski definition) is 1. The molecule has 1 aliphatic carbocycles. The van der Waals surface area contributed by atoms with E-state index < -0.39 is 11.9 Å². The van der Waals surface area contributed by atoms with E-state index in [4.69, 9.17) is 20.2 Å². The van der Waals surface area contributed by atoms with Crippen LogP contribution in [0.15, 0.2) is 35.9 Å². The molecule has 0 radical (unpaired) electrons. The van der Waals surface area contributed by atoms with Gasteiger partial charge in [-0.2, -0.15) is 0 Å². The standard InChI is InChI=1S/C21H23N3O3/c1-3-26-21(25)16-12(2)27-20-18(17(16)13-7-6-10-23-11-13)19(22)14-8-4-5-9-15(14)24-20/h6-7,10-11,17H,3-5,8-9H2,1-2H3,(H2,22,24). The Morgan fingerprint density at radius 1 is 1.37 bits per heavy atom. The summed E-state index contributed by atoms with van der Waals surface area (Å²) >= 11 is 0. The predicted molar refractivity (Wildman–Crippen MR) is 101 cm³/mol. The molecular formula is C21H23N3O3. The van der Waals surface area contributed by atoms with Crippen LogP contribution in [0.1, 0.15) is 55.0 Å². The number of esters is 1. The highest BCUT2D eigenvalue weighted by Gasteiger charge is 2.38. The van der Waals surface area contributed by atoms with Crippen LogP contribution in [0.5, 0.6) is 5.88 Å². The molecule has 2 N–H and O–H groups in total. The first-order valence-electron chi connectivity index (χ1n) is 9.38. The van der Waals surface area contributed by atoms with E-state index in [0.717, 1.165) is 48.1 Å². The molecule has 0 amide bonds. The van der Waals surface area contributed by atoms with Crippen LogP contribution in [0, 0.1) is 0 Å². The minimum absolute atomic E-state index is 0.292. The Morgan fingerprint density at radius 2 is 2.19 bits per heavy atom. The van der Waals surface area contributed by atoms with Crippen LogP contribution in [-0.4, -0.2) is 22.5 Å². The number of fused-ring (bicyclic) bond motifs is 2. The number of pyridine rings is 2. The van der Waals surface area contributed by atoms with Crippen LogP contribution >= 0.6 is 0 Å². The van der Waals surface area contributed by atoms with Gasteiger partial charge in [0.2, 0.25) is 5.88 Å². The maximum absolute atomic E-state index is 12.8. The van der Waals surface area contributed by atoms with E-state index in [1.165, 1.54) is 0 Å². The van der Waals surface area contributed by atoms with Gasteiger partial charge in [-0.3, -0.25) is 4.98 Å². The summed E-state index contributed by atoms with van der Waals surface area (Å²) in [4.78, 5) is 21.8. The molecule has 0 spiro atoms. The average Bonchev–Trinajstić information content (AvgIpc) is 2.68. The Bertz CT molecular complexity index is 922. The number of hydrogen-bond acceptors (Lipinski definition) is 6. The van der Waals surface area contributed by atoms with E-state index in [-0.39, 0.29) is 0 Å². The van der Waals surface area contributed by atoms with Crippen LogP contribution < -0.4 is 10.5 Å². The summed E-state index contributed by atoms with van der Waals surface area (Å²) < 4.78 is 11.3. The number of ether oxygens (including phenoxy) is 2. The van der Waals surface area contributed by atoms with Crippen molar-refractivity contribution in [2.45, 2.75) is 45.4 Å². The summed E-state index contributed by atoms with van der Waals surface area (Å²) in [6, 6.07) is 3.79. The maximum atomic E-state index is 12.8. The van der Waals surface area contributed by atoms with Crippen LogP contribution in [-0.2, 0) is 22.4 Å². The smallest absolute Gasteiger partial charge is 0.338 e. The SMILES string of the molecule is CCOC(=O)C1=C(C)Oc2nc3c(c(N)c2C1c1cccnc1)CCCC3. The van der Waals surface area contributed by atoms with Crippen molar-refractivity contribution < 1.29 is 14.3 Å². The Balaban J connectivity index is 1.95. The molecule has 27 heavy (non-hydrogen) atoms. The van der Waals surface area contributed by atoms with Gasteiger partial charge < -0.3 is 15.2 Å². The van der Waals surface area contributed by atoms with E-state index in [1.807, 2.05) is 12.1 Å². The number of carbonyl (C=O) groups excluding carboxylic acids is 1. The second kappa shape index (κ2) is 7.02. The number of nitrogens with zero attached hydrogens (tertiary/aromatic N) is 2. The molecule has 6 nitrogen and oxygen atoms in total. The van der Waals surface area contributed by atoms with Gasteiger partial charge in [-0.1, -0.05) is 6.07 Å². The third-order valence-corrected chi connectivity index (χ3v) is 5.24. The zero-order valence-corrected chi connectivity index (χ0v) is 15.6. The number of anilines is 1. The van der Waals surface area contributed by atoms with Crippen molar-refractivity contribution in [1.82, 2.24) is 9.97 Å². The predicted octanol–water partition coefficient (Wildman–Crippen LogP) is 3.30. The number of aromatic nitrogens is 2. The molecule has 0 bridgehead atoms. The number of nitrogen functional groups attached to an aromatic ring is 1. The zero-order valence-electron chi connectivity index (χ0n) is 15.6. The van der Waals surface area contributed by atoms with Gasteiger partial charge in [0.1, 0.15) is 5.76 Å². The molecule has 1 unspecified atom stereocenters. The number of aryl methyl sites for hydroxylation is 1. The van der Waals surface area contributed by atoms with Crippen LogP contribution in [0.3, 0.4) is 0 Å². The van der Waals surface area contributed by atoms with Crippen molar-refractivity contribution in [2.24, 2.45) is 0 Å². The van der Waals surface area contributed by atoms with E-state index in [1.54, 1.807) is 26.2 Å². The third kappa shape index (κ3) is 2.95. The fraction of sp³-hybridized carbons (Fsp3) is 0.381. The minimum Gasteiger partial charge on any atom is -0.463 e. The molecule has 2 aromatic heterocycles. The molecule has 4 rings (SSSR count). The molecule has 0 saturated carbocycles. The highest BCUT2D eigenvalue weighted by atomic mass is 16.5. The molecule has 2 aromatic rings. The van der Waals surface area contributed by atoms with Crippen molar-refractivity contribution in [1.29, 1.82) is 0 Å². The Hall–Kier alpha value is -2.89. The molecule has 0 saturated heterocycles. The number of nitrogens with two attached hydrogens (primary N) is 1. The first-order valence-corrected chi connectivity index (χ1v) is 9.38. The van der Waals surface area contributed by atoms with Gasteiger partial charge in [-0.15, -0.1) is 0 Å². The van der Waals surface area contributed by atoms with Crippen LogP contribution in [0.2, 0.25) is 0 Å². The largest absolute Gasteiger partial charge is 0.463 e. The van der Waals surface area contributed by atoms with Gasteiger partial charge in [0.15, 0.2) is 0 Å². The Kier molecular flexibility index (Phi) is 4.56. The number of carbonyl (C=O) groups is 1. The number of allylic oxidation sites excluding steroid dienone is 1. The molecule has 2 aliphatic rings. The molecule has 140 valence electrons. The average molecular weight is 365 g/mol. The second-order valence-corrected chi connectivity index (χ2v) is 6.89. The molecular weight excluding hydrogens is 342 g/mol. The lowest BCUT2D eigenvalue weighted by Gasteiger charge is -2.31. The fourth-order valence-electron chi connectivity index (χ4n) is 4.02. The summed E-state index contributed by atoms with van der Waals surface area (Å²) in [6.45, 7) is 3.85. The summed E-state index contributed by atoms with van der Waals surface area (Å²) in [5, 5.41) is 0. The highest BCUT2D eigenvalue weighted by Crippen LogP contribution is 2.47. The minimum atomic E-state index is -0.402. The van der Waals surface area contributed by atoms with Crippen molar-refractivity contribution in [2.75, 3.05) is 12.3 Å².